The van der Waals surface area contributed by atoms with Gasteiger partial charge in [0.2, 0.25) is 5.91 Å². The molecule has 1 heterocycles. The van der Waals surface area contributed by atoms with Gasteiger partial charge >= 0.3 is 5.97 Å². The number of hydrogen-bond donors (Lipinski definition) is 2. The van der Waals surface area contributed by atoms with Crippen LogP contribution in [0, 0.1) is 0 Å². The maximum atomic E-state index is 11.8. The molecule has 0 bridgehead atoms. The molecule has 0 atom stereocenters. The highest BCUT2D eigenvalue weighted by Gasteiger charge is 2.35. The summed E-state index contributed by atoms with van der Waals surface area (Å²) in [7, 11) is 0. The average molecular weight is 346 g/mol. The minimum absolute atomic E-state index is 0.350. The van der Waals surface area contributed by atoms with E-state index in [0.29, 0.717) is 12.8 Å². The van der Waals surface area contributed by atoms with Gasteiger partial charge in [-0.15, -0.1) is 11.3 Å². The number of carboxylic acids is 1. The molecule has 0 saturated heterocycles. The smallest absolute Gasteiger partial charge is 0.329 e. The van der Waals surface area contributed by atoms with Crippen LogP contribution in [0.1, 0.15) is 31.6 Å². The fourth-order valence-electron chi connectivity index (χ4n) is 1.64. The Hall–Kier alpha value is -1.14. The van der Waals surface area contributed by atoms with E-state index in [1.165, 1.54) is 17.4 Å². The first-order chi connectivity index (χ1) is 8.93. The highest BCUT2D eigenvalue weighted by atomic mass is 79.9. The van der Waals surface area contributed by atoms with Crippen molar-refractivity contribution in [2.45, 2.75) is 32.2 Å². The standard InChI is InChI=1S/C13H16BrNO3S/c1-3-13(4-2,12(17)18)15-11(16)8-6-9-5-7-10(14)19-9/h5-8H,3-4H2,1-2H3,(H,15,16)(H,17,18). The highest BCUT2D eigenvalue weighted by molar-refractivity contribution is 9.11. The van der Waals surface area contributed by atoms with Crippen LogP contribution in [0.2, 0.25) is 0 Å². The number of carbonyl (C=O) groups is 2. The van der Waals surface area contributed by atoms with E-state index < -0.39 is 17.4 Å². The van der Waals surface area contributed by atoms with E-state index >= 15 is 0 Å². The molecule has 6 heteroatoms. The summed E-state index contributed by atoms with van der Waals surface area (Å²) in [5, 5.41) is 11.8. The molecule has 0 aliphatic carbocycles. The van der Waals surface area contributed by atoms with E-state index in [0.717, 1.165) is 8.66 Å². The van der Waals surface area contributed by atoms with Crippen LogP contribution in [0.15, 0.2) is 22.0 Å². The monoisotopic (exact) mass is 345 g/mol. The number of carbonyl (C=O) groups excluding carboxylic acids is 1. The minimum atomic E-state index is -1.18. The Balaban J connectivity index is 2.73. The van der Waals surface area contributed by atoms with Gasteiger partial charge in [0.15, 0.2) is 0 Å². The summed E-state index contributed by atoms with van der Waals surface area (Å²) in [5.41, 5.74) is -1.18. The van der Waals surface area contributed by atoms with Gasteiger partial charge < -0.3 is 10.4 Å². The van der Waals surface area contributed by atoms with Gasteiger partial charge in [-0.25, -0.2) is 4.79 Å². The summed E-state index contributed by atoms with van der Waals surface area (Å²) in [5.74, 6) is -1.39. The molecule has 4 nitrogen and oxygen atoms in total. The molecular formula is C13H16BrNO3S. The fourth-order valence-corrected chi connectivity index (χ4v) is 2.96. The van der Waals surface area contributed by atoms with E-state index in [4.69, 9.17) is 0 Å². The molecule has 2 N–H and O–H groups in total. The van der Waals surface area contributed by atoms with Gasteiger partial charge in [0.05, 0.1) is 3.79 Å². The van der Waals surface area contributed by atoms with Crippen molar-refractivity contribution in [2.24, 2.45) is 0 Å². The summed E-state index contributed by atoms with van der Waals surface area (Å²) in [6.45, 7) is 3.50. The first kappa shape index (κ1) is 15.9. The van der Waals surface area contributed by atoms with Crippen LogP contribution >= 0.6 is 27.3 Å². The van der Waals surface area contributed by atoms with Gasteiger partial charge in [0.1, 0.15) is 5.54 Å². The van der Waals surface area contributed by atoms with Crippen LogP contribution in [0.25, 0.3) is 6.08 Å². The molecule has 0 aliphatic rings. The number of nitrogens with one attached hydrogen (secondary N) is 1. The van der Waals surface area contributed by atoms with Crippen molar-refractivity contribution in [1.29, 1.82) is 0 Å². The molecule has 1 aromatic heterocycles. The first-order valence-electron chi connectivity index (χ1n) is 5.92. The molecule has 0 fully saturated rings. The van der Waals surface area contributed by atoms with Crippen LogP contribution in [-0.4, -0.2) is 22.5 Å². The number of hydrogen-bond acceptors (Lipinski definition) is 3. The molecule has 0 aromatic carbocycles. The summed E-state index contributed by atoms with van der Waals surface area (Å²) in [6, 6.07) is 3.77. The largest absolute Gasteiger partial charge is 0.480 e. The molecule has 0 saturated carbocycles. The second kappa shape index (κ2) is 6.86. The lowest BCUT2D eigenvalue weighted by atomic mass is 9.93. The molecule has 1 rings (SSSR count). The molecule has 104 valence electrons. The Morgan fingerprint density at radius 1 is 1.42 bits per heavy atom. The zero-order chi connectivity index (χ0) is 14.5. The molecule has 0 aliphatic heterocycles. The fraction of sp³-hybridized carbons (Fsp3) is 0.385. The van der Waals surface area contributed by atoms with Crippen molar-refractivity contribution in [2.75, 3.05) is 0 Å². The number of amides is 1. The van der Waals surface area contributed by atoms with Gasteiger partial charge in [-0.2, -0.15) is 0 Å². The normalized spacial score (nSPS) is 11.7. The van der Waals surface area contributed by atoms with Gasteiger partial charge in [-0.3, -0.25) is 4.79 Å². The van der Waals surface area contributed by atoms with E-state index in [9.17, 15) is 14.7 Å². The number of rotatable bonds is 6. The Bertz CT molecular complexity index is 492. The van der Waals surface area contributed by atoms with Crippen LogP contribution in [0.4, 0.5) is 0 Å². The Morgan fingerprint density at radius 2 is 2.05 bits per heavy atom. The molecule has 19 heavy (non-hydrogen) atoms. The second-order valence-corrected chi connectivity index (χ2v) is 6.55. The lowest BCUT2D eigenvalue weighted by Gasteiger charge is -2.27. The zero-order valence-corrected chi connectivity index (χ0v) is 13.2. The quantitative estimate of drug-likeness (QED) is 0.777. The van der Waals surface area contributed by atoms with Gasteiger partial charge in [-0.1, -0.05) is 13.8 Å². The topological polar surface area (TPSA) is 66.4 Å². The number of aliphatic carboxylic acids is 1. The zero-order valence-electron chi connectivity index (χ0n) is 10.8. The lowest BCUT2D eigenvalue weighted by Crippen LogP contribution is -2.53. The van der Waals surface area contributed by atoms with Crippen molar-refractivity contribution >= 4 is 45.2 Å². The molecule has 0 radical (unpaired) electrons. The van der Waals surface area contributed by atoms with Crippen LogP contribution < -0.4 is 5.32 Å². The van der Waals surface area contributed by atoms with E-state index in [2.05, 4.69) is 21.2 Å². The number of halogens is 1. The van der Waals surface area contributed by atoms with Gasteiger partial charge in [0, 0.05) is 11.0 Å². The Kier molecular flexibility index (Phi) is 5.75. The molecule has 0 spiro atoms. The highest BCUT2D eigenvalue weighted by Crippen LogP contribution is 2.23. The predicted octanol–water partition coefficient (Wildman–Crippen LogP) is 3.28. The number of carboxylic acid groups (broad SMARTS) is 1. The molecular weight excluding hydrogens is 330 g/mol. The molecule has 1 aromatic rings. The third kappa shape index (κ3) is 4.18. The van der Waals surface area contributed by atoms with Crippen LogP contribution in [0.5, 0.6) is 0 Å². The van der Waals surface area contributed by atoms with Crippen molar-refractivity contribution in [1.82, 2.24) is 5.32 Å². The van der Waals surface area contributed by atoms with Crippen molar-refractivity contribution in [3.05, 3.63) is 26.9 Å². The Morgan fingerprint density at radius 3 is 2.47 bits per heavy atom. The predicted molar refractivity (Wildman–Crippen MR) is 80.1 cm³/mol. The maximum Gasteiger partial charge on any atom is 0.329 e. The molecule has 1 amide bonds. The Labute approximate surface area is 124 Å². The van der Waals surface area contributed by atoms with Gasteiger partial charge in [0.25, 0.3) is 0 Å². The SMILES string of the molecule is CCC(CC)(NC(=O)C=Cc1ccc(Br)s1)C(=O)O. The maximum absolute atomic E-state index is 11.8. The molecule has 0 unspecified atom stereocenters. The van der Waals surface area contributed by atoms with Crippen molar-refractivity contribution in [3.8, 4) is 0 Å². The van der Waals surface area contributed by atoms with Crippen molar-refractivity contribution in [3.63, 3.8) is 0 Å². The third-order valence-corrected chi connectivity index (χ3v) is 4.56. The van der Waals surface area contributed by atoms with Crippen LogP contribution in [-0.2, 0) is 9.59 Å². The summed E-state index contributed by atoms with van der Waals surface area (Å²) in [4.78, 5) is 24.0. The van der Waals surface area contributed by atoms with Crippen LogP contribution in [0.3, 0.4) is 0 Å². The summed E-state index contributed by atoms with van der Waals surface area (Å²) < 4.78 is 0.981. The van der Waals surface area contributed by atoms with E-state index in [1.54, 1.807) is 19.9 Å². The lowest BCUT2D eigenvalue weighted by molar-refractivity contribution is -0.147. The second-order valence-electron chi connectivity index (χ2n) is 4.06. The first-order valence-corrected chi connectivity index (χ1v) is 7.53. The van der Waals surface area contributed by atoms with Gasteiger partial charge in [-0.05, 0) is 47.0 Å². The minimum Gasteiger partial charge on any atom is -0.480 e. The van der Waals surface area contributed by atoms with Crippen molar-refractivity contribution < 1.29 is 14.7 Å². The van der Waals surface area contributed by atoms with E-state index in [1.807, 2.05) is 12.1 Å². The summed E-state index contributed by atoms with van der Waals surface area (Å²) in [6.07, 6.45) is 3.73. The summed E-state index contributed by atoms with van der Waals surface area (Å²) >= 11 is 4.83. The third-order valence-electron chi connectivity index (χ3n) is 2.97. The van der Waals surface area contributed by atoms with E-state index in [-0.39, 0.29) is 0 Å². The number of thiophene rings is 1. The average Bonchev–Trinajstić information content (AvgIpc) is 2.79.